The number of nitrogens with two attached hydrogens (primary N) is 1. The molecule has 4 N–H and O–H groups in total. The van der Waals surface area contributed by atoms with Crippen molar-refractivity contribution in [1.82, 2.24) is 10.2 Å². The molecule has 1 spiro atoms. The van der Waals surface area contributed by atoms with Crippen molar-refractivity contribution < 1.29 is 14.7 Å². The highest BCUT2D eigenvalue weighted by Crippen LogP contribution is 2.39. The largest absolute Gasteiger partial charge is 0.392 e. The van der Waals surface area contributed by atoms with Gasteiger partial charge in [0.25, 0.3) is 0 Å². The van der Waals surface area contributed by atoms with Crippen LogP contribution in [0.1, 0.15) is 44.9 Å². The summed E-state index contributed by atoms with van der Waals surface area (Å²) >= 11 is 0. The van der Waals surface area contributed by atoms with Gasteiger partial charge in [-0.05, 0) is 32.1 Å². The van der Waals surface area contributed by atoms with Crippen molar-refractivity contribution >= 4 is 11.8 Å². The summed E-state index contributed by atoms with van der Waals surface area (Å²) in [4.78, 5) is 26.8. The molecule has 0 aromatic carbocycles. The number of nitrogens with one attached hydrogen (secondary N) is 1. The first kappa shape index (κ1) is 14.8. The van der Waals surface area contributed by atoms with Crippen molar-refractivity contribution in [2.24, 2.45) is 11.1 Å². The topological polar surface area (TPSA) is 95.7 Å². The maximum absolute atomic E-state index is 12.7. The molecule has 118 valence electrons. The van der Waals surface area contributed by atoms with E-state index in [9.17, 15) is 14.7 Å². The summed E-state index contributed by atoms with van der Waals surface area (Å²) in [6.45, 7) is 1.45. The molecule has 2 saturated heterocycles. The van der Waals surface area contributed by atoms with Gasteiger partial charge < -0.3 is 21.1 Å². The Labute approximate surface area is 125 Å². The van der Waals surface area contributed by atoms with Crippen molar-refractivity contribution in [2.45, 2.75) is 56.6 Å². The maximum Gasteiger partial charge on any atom is 0.242 e. The first-order chi connectivity index (χ1) is 9.98. The predicted molar refractivity (Wildman–Crippen MR) is 77.3 cm³/mol. The van der Waals surface area contributed by atoms with Gasteiger partial charge >= 0.3 is 0 Å². The Morgan fingerprint density at radius 3 is 2.67 bits per heavy atom. The van der Waals surface area contributed by atoms with Gasteiger partial charge in [0.05, 0.1) is 17.1 Å². The van der Waals surface area contributed by atoms with Crippen LogP contribution in [-0.4, -0.2) is 53.1 Å². The summed E-state index contributed by atoms with van der Waals surface area (Å²) in [7, 11) is 0. The van der Waals surface area contributed by atoms with Crippen LogP contribution < -0.4 is 11.1 Å². The van der Waals surface area contributed by atoms with Crippen molar-refractivity contribution in [3.05, 3.63) is 0 Å². The van der Waals surface area contributed by atoms with E-state index in [1.54, 1.807) is 4.90 Å². The second-order valence-electron chi connectivity index (χ2n) is 6.91. The van der Waals surface area contributed by atoms with Crippen LogP contribution >= 0.6 is 0 Å². The third-order valence-electron chi connectivity index (χ3n) is 5.53. The lowest BCUT2D eigenvalue weighted by Gasteiger charge is -2.48. The minimum Gasteiger partial charge on any atom is -0.392 e. The lowest BCUT2D eigenvalue weighted by atomic mass is 9.71. The Kier molecular flexibility index (Phi) is 3.69. The van der Waals surface area contributed by atoms with Gasteiger partial charge in [0.15, 0.2) is 0 Å². The zero-order chi connectivity index (χ0) is 15.1. The summed E-state index contributed by atoms with van der Waals surface area (Å²) in [6.07, 6.45) is 4.71. The second-order valence-corrected chi connectivity index (χ2v) is 6.91. The van der Waals surface area contributed by atoms with Gasteiger partial charge in [-0.15, -0.1) is 0 Å². The summed E-state index contributed by atoms with van der Waals surface area (Å²) in [5, 5.41) is 13.2. The van der Waals surface area contributed by atoms with Crippen LogP contribution in [0.25, 0.3) is 0 Å². The number of amides is 2. The van der Waals surface area contributed by atoms with E-state index in [-0.39, 0.29) is 11.8 Å². The summed E-state index contributed by atoms with van der Waals surface area (Å²) in [5.74, 6) is -0.152. The monoisotopic (exact) mass is 295 g/mol. The number of piperidine rings is 2. The zero-order valence-corrected chi connectivity index (χ0v) is 12.4. The minimum absolute atomic E-state index is 0.0374. The highest BCUT2D eigenvalue weighted by molar-refractivity contribution is 5.89. The number of hydrogen-bond acceptors (Lipinski definition) is 4. The fourth-order valence-corrected chi connectivity index (χ4v) is 4.15. The molecule has 2 heterocycles. The quantitative estimate of drug-likeness (QED) is 0.621. The number of aliphatic hydroxyl groups excluding tert-OH is 1. The molecule has 2 aliphatic heterocycles. The first-order valence-corrected chi connectivity index (χ1v) is 8.03. The SMILES string of the molecule is NC1(C(=O)N2CC[C@@H](O)[C@@]3(CCCNC3=O)C2)CCCC1. The average Bonchev–Trinajstić information content (AvgIpc) is 2.92. The minimum atomic E-state index is -0.832. The van der Waals surface area contributed by atoms with E-state index in [1.165, 1.54) is 0 Å². The number of rotatable bonds is 1. The molecule has 1 aliphatic carbocycles. The van der Waals surface area contributed by atoms with Crippen LogP contribution in [0, 0.1) is 5.41 Å². The van der Waals surface area contributed by atoms with E-state index in [1.807, 2.05) is 0 Å². The zero-order valence-electron chi connectivity index (χ0n) is 12.4. The number of carbonyl (C=O) groups excluding carboxylic acids is 2. The van der Waals surface area contributed by atoms with Crippen molar-refractivity contribution in [1.29, 1.82) is 0 Å². The van der Waals surface area contributed by atoms with Crippen LogP contribution in [0.3, 0.4) is 0 Å². The predicted octanol–water partition coefficient (Wildman–Crippen LogP) is -0.252. The number of aliphatic hydroxyl groups is 1. The first-order valence-electron chi connectivity index (χ1n) is 8.03. The van der Waals surface area contributed by atoms with Crippen LogP contribution in [0.2, 0.25) is 0 Å². The average molecular weight is 295 g/mol. The third-order valence-corrected chi connectivity index (χ3v) is 5.53. The third kappa shape index (κ3) is 2.34. The van der Waals surface area contributed by atoms with Gasteiger partial charge in [-0.3, -0.25) is 9.59 Å². The molecule has 6 heteroatoms. The Bertz CT molecular complexity index is 447. The summed E-state index contributed by atoms with van der Waals surface area (Å²) in [6, 6.07) is 0. The molecule has 0 unspecified atom stereocenters. The van der Waals surface area contributed by atoms with E-state index < -0.39 is 17.1 Å². The van der Waals surface area contributed by atoms with Gasteiger partial charge in [-0.2, -0.15) is 0 Å². The molecule has 0 aromatic heterocycles. The van der Waals surface area contributed by atoms with E-state index in [4.69, 9.17) is 5.73 Å². The molecular formula is C15H25N3O3. The lowest BCUT2D eigenvalue weighted by Crippen LogP contribution is -2.65. The molecule has 3 aliphatic rings. The Morgan fingerprint density at radius 1 is 1.29 bits per heavy atom. The number of nitrogens with zero attached hydrogens (tertiary/aromatic N) is 1. The Hall–Kier alpha value is -1.14. The molecule has 3 rings (SSSR count). The maximum atomic E-state index is 12.7. The lowest BCUT2D eigenvalue weighted by molar-refractivity contribution is -0.157. The van der Waals surface area contributed by atoms with Crippen molar-refractivity contribution in [3.8, 4) is 0 Å². The van der Waals surface area contributed by atoms with Crippen molar-refractivity contribution in [3.63, 3.8) is 0 Å². The number of hydrogen-bond donors (Lipinski definition) is 3. The van der Waals surface area contributed by atoms with E-state index >= 15 is 0 Å². The Morgan fingerprint density at radius 2 is 2.00 bits per heavy atom. The van der Waals surface area contributed by atoms with Gasteiger partial charge in [0, 0.05) is 19.6 Å². The van der Waals surface area contributed by atoms with Gasteiger partial charge in [0.2, 0.25) is 11.8 Å². The molecule has 2 atom stereocenters. The highest BCUT2D eigenvalue weighted by atomic mass is 16.3. The normalized spacial score (nSPS) is 35.8. The van der Waals surface area contributed by atoms with E-state index in [0.29, 0.717) is 32.5 Å². The highest BCUT2D eigenvalue weighted by Gasteiger charge is 2.52. The summed E-state index contributed by atoms with van der Waals surface area (Å²) < 4.78 is 0. The number of likely N-dealkylation sites (tertiary alicyclic amines) is 1. The van der Waals surface area contributed by atoms with Crippen LogP contribution in [-0.2, 0) is 9.59 Å². The second kappa shape index (κ2) is 5.25. The van der Waals surface area contributed by atoms with Crippen LogP contribution in [0.15, 0.2) is 0 Å². The van der Waals surface area contributed by atoms with Crippen LogP contribution in [0.4, 0.5) is 0 Å². The fraction of sp³-hybridized carbons (Fsp3) is 0.867. The molecule has 0 radical (unpaired) electrons. The fourth-order valence-electron chi connectivity index (χ4n) is 4.15. The molecule has 21 heavy (non-hydrogen) atoms. The van der Waals surface area contributed by atoms with Crippen LogP contribution in [0.5, 0.6) is 0 Å². The van der Waals surface area contributed by atoms with E-state index in [2.05, 4.69) is 5.32 Å². The van der Waals surface area contributed by atoms with Gasteiger partial charge in [0.1, 0.15) is 0 Å². The standard InChI is InChI=1S/C15H25N3O3/c16-15(6-1-2-7-15)13(21)18-9-4-11(19)14(10-18)5-3-8-17-12(14)20/h11,19H,1-10,16H2,(H,17,20)/t11-,14-/m1/s1. The van der Waals surface area contributed by atoms with Gasteiger partial charge in [-0.1, -0.05) is 12.8 Å². The smallest absolute Gasteiger partial charge is 0.242 e. The molecule has 3 fully saturated rings. The van der Waals surface area contributed by atoms with Gasteiger partial charge in [-0.25, -0.2) is 0 Å². The van der Waals surface area contributed by atoms with Crippen molar-refractivity contribution in [2.75, 3.05) is 19.6 Å². The molecule has 2 amide bonds. The summed E-state index contributed by atoms with van der Waals surface area (Å²) in [5.41, 5.74) is 4.68. The molecular weight excluding hydrogens is 270 g/mol. The molecule has 6 nitrogen and oxygen atoms in total. The van der Waals surface area contributed by atoms with E-state index in [0.717, 1.165) is 32.1 Å². The molecule has 0 bridgehead atoms. The Balaban J connectivity index is 1.79. The number of carbonyl (C=O) groups is 2. The molecule has 1 saturated carbocycles. The molecule has 0 aromatic rings.